The van der Waals surface area contributed by atoms with Crippen LogP contribution in [0.15, 0.2) is 35.1 Å². The number of hydrogen-bond acceptors (Lipinski definition) is 5. The van der Waals surface area contributed by atoms with Gasteiger partial charge in [-0.2, -0.15) is 4.98 Å². The highest BCUT2D eigenvalue weighted by Gasteiger charge is 2.36. The summed E-state index contributed by atoms with van der Waals surface area (Å²) in [5.74, 6) is -1.98. The van der Waals surface area contributed by atoms with Crippen molar-refractivity contribution in [3.8, 4) is 11.8 Å². The van der Waals surface area contributed by atoms with Crippen molar-refractivity contribution < 1.29 is 18.3 Å². The van der Waals surface area contributed by atoms with E-state index in [9.17, 15) is 13.6 Å². The predicted octanol–water partition coefficient (Wildman–Crippen LogP) is 3.97. The first-order valence-corrected chi connectivity index (χ1v) is 11.6. The smallest absolute Gasteiger partial charge is 0.300 e. The molecule has 5 rings (SSSR count). The zero-order valence-electron chi connectivity index (χ0n) is 18.1. The van der Waals surface area contributed by atoms with Crippen LogP contribution in [0.2, 0.25) is 0 Å². The minimum atomic E-state index is -2.56. The summed E-state index contributed by atoms with van der Waals surface area (Å²) in [4.78, 5) is 18.4. The number of ether oxygens (including phenoxy) is 2. The molecule has 172 valence electrons. The fourth-order valence-corrected chi connectivity index (χ4v) is 5.07. The van der Waals surface area contributed by atoms with Gasteiger partial charge in [0.2, 0.25) is 5.92 Å². The number of fused-ring (bicyclic) bond motifs is 1. The van der Waals surface area contributed by atoms with Crippen LogP contribution in [-0.2, 0) is 13.1 Å². The Bertz CT molecular complexity index is 1000. The molecule has 1 saturated carbocycles. The third-order valence-electron chi connectivity index (χ3n) is 6.74. The quantitative estimate of drug-likeness (QED) is 0.674. The lowest BCUT2D eigenvalue weighted by Crippen LogP contribution is -2.25. The monoisotopic (exact) mass is 445 g/mol. The van der Waals surface area contributed by atoms with Gasteiger partial charge in [0.15, 0.2) is 6.10 Å². The largest absolute Gasteiger partial charge is 0.490 e. The van der Waals surface area contributed by atoms with Crippen molar-refractivity contribution in [2.45, 2.75) is 69.6 Å². The molecule has 0 spiro atoms. The molecule has 1 aliphatic carbocycles. The first-order valence-electron chi connectivity index (χ1n) is 11.6. The first-order chi connectivity index (χ1) is 15.4. The van der Waals surface area contributed by atoms with Crippen molar-refractivity contribution in [3.63, 3.8) is 0 Å². The highest BCUT2D eigenvalue weighted by molar-refractivity contribution is 5.30. The van der Waals surface area contributed by atoms with Crippen LogP contribution in [0.4, 0.5) is 8.78 Å². The molecule has 0 bridgehead atoms. The van der Waals surface area contributed by atoms with Crippen molar-refractivity contribution >= 4 is 0 Å². The topological polar surface area (TPSA) is 56.6 Å². The molecule has 0 radical (unpaired) electrons. The second-order valence-electron chi connectivity index (χ2n) is 9.23. The highest BCUT2D eigenvalue weighted by Crippen LogP contribution is 2.41. The van der Waals surface area contributed by atoms with E-state index in [0.717, 1.165) is 37.3 Å². The van der Waals surface area contributed by atoms with E-state index in [0.29, 0.717) is 31.3 Å². The Labute approximate surface area is 186 Å². The van der Waals surface area contributed by atoms with Gasteiger partial charge in [-0.05, 0) is 62.4 Å². The summed E-state index contributed by atoms with van der Waals surface area (Å²) < 4.78 is 41.2. The number of likely N-dealkylation sites (tertiary alicyclic amines) is 1. The third kappa shape index (κ3) is 4.80. The fourth-order valence-electron chi connectivity index (χ4n) is 5.07. The number of hydrogen-bond donors (Lipinski definition) is 0. The number of rotatable bonds is 6. The number of nitrogens with zero attached hydrogens (tertiary/aromatic N) is 3. The van der Waals surface area contributed by atoms with Gasteiger partial charge < -0.3 is 9.47 Å². The van der Waals surface area contributed by atoms with Crippen molar-refractivity contribution in [1.29, 1.82) is 0 Å². The van der Waals surface area contributed by atoms with E-state index >= 15 is 0 Å². The Morgan fingerprint density at radius 2 is 1.94 bits per heavy atom. The van der Waals surface area contributed by atoms with E-state index in [1.165, 1.54) is 12.8 Å². The predicted molar refractivity (Wildman–Crippen MR) is 116 cm³/mol. The molecule has 3 heterocycles. The summed E-state index contributed by atoms with van der Waals surface area (Å²) in [7, 11) is 0. The lowest BCUT2D eigenvalue weighted by Gasteiger charge is -2.29. The molecular weight excluding hydrogens is 416 g/mol. The Morgan fingerprint density at radius 1 is 1.16 bits per heavy atom. The average molecular weight is 446 g/mol. The molecule has 0 amide bonds. The lowest BCUT2D eigenvalue weighted by molar-refractivity contribution is -0.0408. The molecule has 8 heteroatoms. The van der Waals surface area contributed by atoms with Crippen molar-refractivity contribution in [2.24, 2.45) is 0 Å². The molecule has 3 aliphatic rings. The standard InChI is InChI=1S/C24H29F2N3O3/c25-24(26)9-3-4-18(13-24)17-5-7-20(8-6-17)31-16-21-15-29-19(14-28-10-1-2-11-28)12-22(30)27-23(29)32-21/h5-8,12,18,21H,1-4,9-11,13-16H2/t18?,21-/m0/s1. The van der Waals surface area contributed by atoms with Crippen LogP contribution in [-0.4, -0.2) is 46.2 Å². The first kappa shape index (κ1) is 21.4. The molecule has 1 aromatic heterocycles. The second kappa shape index (κ2) is 8.81. The summed E-state index contributed by atoms with van der Waals surface area (Å²) in [6, 6.07) is 9.41. The molecule has 6 nitrogen and oxygen atoms in total. The Balaban J connectivity index is 1.19. The molecular formula is C24H29F2N3O3. The van der Waals surface area contributed by atoms with Crippen molar-refractivity contribution in [2.75, 3.05) is 19.7 Å². The van der Waals surface area contributed by atoms with E-state index < -0.39 is 5.92 Å². The third-order valence-corrected chi connectivity index (χ3v) is 6.74. The van der Waals surface area contributed by atoms with Crippen LogP contribution in [0.25, 0.3) is 0 Å². The van der Waals surface area contributed by atoms with Gasteiger partial charge in [0, 0.05) is 31.1 Å². The number of benzene rings is 1. The van der Waals surface area contributed by atoms with Crippen molar-refractivity contribution in [1.82, 2.24) is 14.5 Å². The Kier molecular flexibility index (Phi) is 5.88. The summed E-state index contributed by atoms with van der Waals surface area (Å²) >= 11 is 0. The molecule has 0 N–H and O–H groups in total. The maximum atomic E-state index is 13.7. The van der Waals surface area contributed by atoms with E-state index in [1.54, 1.807) is 6.07 Å². The van der Waals surface area contributed by atoms with E-state index in [4.69, 9.17) is 9.47 Å². The van der Waals surface area contributed by atoms with Gasteiger partial charge in [-0.1, -0.05) is 12.1 Å². The average Bonchev–Trinajstić information content (AvgIpc) is 3.41. The van der Waals surface area contributed by atoms with Crippen LogP contribution >= 0.6 is 0 Å². The number of halogens is 2. The van der Waals surface area contributed by atoms with Gasteiger partial charge >= 0.3 is 6.01 Å². The van der Waals surface area contributed by atoms with Gasteiger partial charge in [-0.25, -0.2) is 8.78 Å². The minimum absolute atomic E-state index is 0.00504. The van der Waals surface area contributed by atoms with Crippen molar-refractivity contribution in [3.05, 3.63) is 51.9 Å². The van der Waals surface area contributed by atoms with Gasteiger partial charge in [0.05, 0.1) is 6.54 Å². The van der Waals surface area contributed by atoms with Crippen LogP contribution in [0, 0.1) is 0 Å². The molecule has 2 aromatic rings. The molecule has 1 unspecified atom stereocenters. The molecule has 1 aromatic carbocycles. The zero-order valence-corrected chi connectivity index (χ0v) is 18.1. The molecule has 32 heavy (non-hydrogen) atoms. The maximum absolute atomic E-state index is 13.7. The zero-order chi connectivity index (χ0) is 22.1. The van der Waals surface area contributed by atoms with Gasteiger partial charge in [-0.3, -0.25) is 14.3 Å². The normalized spacial score (nSPS) is 24.8. The van der Waals surface area contributed by atoms with Crippen LogP contribution in [0.3, 0.4) is 0 Å². The fraction of sp³-hybridized carbons (Fsp3) is 0.583. The van der Waals surface area contributed by atoms with Crippen LogP contribution in [0.1, 0.15) is 55.7 Å². The molecule has 2 fully saturated rings. The van der Waals surface area contributed by atoms with Crippen LogP contribution < -0.4 is 15.0 Å². The summed E-state index contributed by atoms with van der Waals surface area (Å²) in [6.07, 6.45) is 3.43. The van der Waals surface area contributed by atoms with E-state index in [-0.39, 0.29) is 30.4 Å². The summed E-state index contributed by atoms with van der Waals surface area (Å²) in [6.45, 7) is 3.73. The highest BCUT2D eigenvalue weighted by atomic mass is 19.3. The van der Waals surface area contributed by atoms with E-state index in [1.807, 2.05) is 28.8 Å². The van der Waals surface area contributed by atoms with Gasteiger partial charge in [0.1, 0.15) is 12.4 Å². The molecule has 1 saturated heterocycles. The Morgan fingerprint density at radius 3 is 2.69 bits per heavy atom. The summed E-state index contributed by atoms with van der Waals surface area (Å²) in [5.41, 5.74) is 1.59. The molecule has 2 atom stereocenters. The molecule has 2 aliphatic heterocycles. The SMILES string of the molecule is O=c1cc(CN2CCCC2)n2c(n1)O[C@H](COc1ccc(C3CCCC(F)(F)C3)cc1)C2. The number of aromatic nitrogens is 2. The van der Waals surface area contributed by atoms with Gasteiger partial charge in [0.25, 0.3) is 5.56 Å². The second-order valence-corrected chi connectivity index (χ2v) is 9.23. The maximum Gasteiger partial charge on any atom is 0.300 e. The lowest BCUT2D eigenvalue weighted by atomic mass is 9.82. The van der Waals surface area contributed by atoms with E-state index in [2.05, 4.69) is 9.88 Å². The van der Waals surface area contributed by atoms with Gasteiger partial charge in [-0.15, -0.1) is 0 Å². The Hall–Kier alpha value is -2.48. The van der Waals surface area contributed by atoms with Crippen LogP contribution in [0.5, 0.6) is 11.8 Å². The summed E-state index contributed by atoms with van der Waals surface area (Å²) in [5, 5.41) is 0. The number of alkyl halides is 2. The minimum Gasteiger partial charge on any atom is -0.490 e.